The van der Waals surface area contributed by atoms with Gasteiger partial charge in [0.25, 0.3) is 0 Å². The highest BCUT2D eigenvalue weighted by atomic mass is 16.5. The third-order valence-corrected chi connectivity index (χ3v) is 3.49. The van der Waals surface area contributed by atoms with Crippen LogP contribution in [0.25, 0.3) is 0 Å². The van der Waals surface area contributed by atoms with E-state index < -0.39 is 0 Å². The fourth-order valence-corrected chi connectivity index (χ4v) is 2.51. The molecule has 20 heavy (non-hydrogen) atoms. The summed E-state index contributed by atoms with van der Waals surface area (Å²) in [6.45, 7) is 12.2. The summed E-state index contributed by atoms with van der Waals surface area (Å²) in [5, 5.41) is 3.47. The minimum absolute atomic E-state index is 0.275. The van der Waals surface area contributed by atoms with Crippen molar-refractivity contribution in [2.24, 2.45) is 0 Å². The van der Waals surface area contributed by atoms with E-state index in [1.165, 1.54) is 5.56 Å². The maximum Gasteiger partial charge on any atom is 0.129 e. The number of pyridine rings is 1. The number of aryl methyl sites for hydroxylation is 1. The van der Waals surface area contributed by atoms with Crippen LogP contribution in [0.5, 0.6) is 0 Å². The van der Waals surface area contributed by atoms with Crippen molar-refractivity contribution in [2.75, 3.05) is 24.6 Å². The van der Waals surface area contributed by atoms with E-state index in [1.54, 1.807) is 0 Å². The van der Waals surface area contributed by atoms with Crippen LogP contribution in [0, 0.1) is 6.92 Å². The first-order valence-electron chi connectivity index (χ1n) is 7.62. The molecule has 0 amide bonds. The first-order chi connectivity index (χ1) is 9.54. The van der Waals surface area contributed by atoms with Gasteiger partial charge >= 0.3 is 0 Å². The maximum atomic E-state index is 5.71. The van der Waals surface area contributed by atoms with Crippen molar-refractivity contribution in [1.82, 2.24) is 10.3 Å². The summed E-state index contributed by atoms with van der Waals surface area (Å²) in [7, 11) is 0. The Morgan fingerprint density at radius 3 is 3.00 bits per heavy atom. The van der Waals surface area contributed by atoms with Crippen molar-refractivity contribution in [1.29, 1.82) is 0 Å². The molecule has 0 saturated carbocycles. The average molecular weight is 277 g/mol. The van der Waals surface area contributed by atoms with E-state index in [0.717, 1.165) is 44.2 Å². The summed E-state index contributed by atoms with van der Waals surface area (Å²) in [6.07, 6.45) is 1.34. The molecule has 1 saturated heterocycles. The maximum absolute atomic E-state index is 5.71. The third kappa shape index (κ3) is 4.46. The van der Waals surface area contributed by atoms with Crippen LogP contribution in [0.2, 0.25) is 0 Å². The zero-order chi connectivity index (χ0) is 14.5. The molecule has 0 aliphatic carbocycles. The van der Waals surface area contributed by atoms with E-state index in [-0.39, 0.29) is 6.10 Å². The number of rotatable bonds is 4. The number of nitrogens with one attached hydrogen (secondary N) is 1. The van der Waals surface area contributed by atoms with Crippen LogP contribution in [0.1, 0.15) is 38.4 Å². The van der Waals surface area contributed by atoms with Crippen LogP contribution < -0.4 is 10.2 Å². The second-order valence-corrected chi connectivity index (χ2v) is 5.99. The van der Waals surface area contributed by atoms with Crippen LogP contribution in [0.4, 0.5) is 5.82 Å². The zero-order valence-corrected chi connectivity index (χ0v) is 13.1. The normalized spacial score (nSPS) is 20.2. The molecule has 1 aromatic rings. The molecule has 0 spiro atoms. The molecule has 1 aliphatic rings. The van der Waals surface area contributed by atoms with Crippen molar-refractivity contribution in [3.63, 3.8) is 0 Å². The van der Waals surface area contributed by atoms with E-state index in [2.05, 4.69) is 50.0 Å². The smallest absolute Gasteiger partial charge is 0.129 e. The standard InChI is InChI=1S/C16H27N3O/c1-12(2)17-10-15-8-13(3)18-16(9-15)19-6-5-7-20-14(4)11-19/h8-9,12,14,17H,5-7,10-11H2,1-4H3. The molecule has 0 aromatic carbocycles. The largest absolute Gasteiger partial charge is 0.377 e. The molecule has 1 N–H and O–H groups in total. The molecule has 0 bridgehead atoms. The van der Waals surface area contributed by atoms with Crippen molar-refractivity contribution in [3.8, 4) is 0 Å². The van der Waals surface area contributed by atoms with Crippen LogP contribution in [-0.2, 0) is 11.3 Å². The van der Waals surface area contributed by atoms with E-state index in [9.17, 15) is 0 Å². The van der Waals surface area contributed by atoms with Gasteiger partial charge in [-0.2, -0.15) is 0 Å². The molecule has 2 heterocycles. The molecular weight excluding hydrogens is 250 g/mol. The number of nitrogens with zero attached hydrogens (tertiary/aromatic N) is 2. The third-order valence-electron chi connectivity index (χ3n) is 3.49. The second-order valence-electron chi connectivity index (χ2n) is 5.99. The Balaban J connectivity index is 2.13. The minimum atomic E-state index is 0.275. The highest BCUT2D eigenvalue weighted by Gasteiger charge is 2.17. The molecule has 0 radical (unpaired) electrons. The molecule has 1 aliphatic heterocycles. The molecule has 112 valence electrons. The van der Waals surface area contributed by atoms with Crippen LogP contribution in [0.3, 0.4) is 0 Å². The lowest BCUT2D eigenvalue weighted by Crippen LogP contribution is -2.31. The highest BCUT2D eigenvalue weighted by molar-refractivity contribution is 5.43. The molecule has 4 nitrogen and oxygen atoms in total. The molecule has 1 atom stereocenters. The minimum Gasteiger partial charge on any atom is -0.377 e. The SMILES string of the molecule is Cc1cc(CNC(C)C)cc(N2CCCOC(C)C2)n1. The molecule has 1 aromatic heterocycles. The van der Waals surface area contributed by atoms with Gasteiger partial charge in [0.05, 0.1) is 6.10 Å². The number of anilines is 1. The summed E-state index contributed by atoms with van der Waals surface area (Å²) in [5.74, 6) is 1.09. The quantitative estimate of drug-likeness (QED) is 0.917. The average Bonchev–Trinajstić information content (AvgIpc) is 2.60. The van der Waals surface area contributed by atoms with Crippen molar-refractivity contribution in [2.45, 2.75) is 52.8 Å². The molecular formula is C16H27N3O. The van der Waals surface area contributed by atoms with Gasteiger partial charge in [-0.1, -0.05) is 13.8 Å². The summed E-state index contributed by atoms with van der Waals surface area (Å²) in [6, 6.07) is 4.87. The molecule has 4 heteroatoms. The van der Waals surface area contributed by atoms with Gasteiger partial charge in [0.1, 0.15) is 5.82 Å². The monoisotopic (exact) mass is 277 g/mol. The summed E-state index contributed by atoms with van der Waals surface area (Å²) in [4.78, 5) is 7.05. The lowest BCUT2D eigenvalue weighted by atomic mass is 10.2. The highest BCUT2D eigenvalue weighted by Crippen LogP contribution is 2.18. The Kier molecular flexibility index (Phi) is 5.38. The van der Waals surface area contributed by atoms with Crippen LogP contribution in [-0.4, -0.2) is 36.8 Å². The van der Waals surface area contributed by atoms with Gasteiger partial charge in [0.15, 0.2) is 0 Å². The van der Waals surface area contributed by atoms with Gasteiger partial charge in [-0.05, 0) is 38.0 Å². The predicted octanol–water partition coefficient (Wildman–Crippen LogP) is 2.50. The Bertz CT molecular complexity index is 434. The Morgan fingerprint density at radius 2 is 2.25 bits per heavy atom. The Morgan fingerprint density at radius 1 is 1.45 bits per heavy atom. The fourth-order valence-electron chi connectivity index (χ4n) is 2.51. The zero-order valence-electron chi connectivity index (χ0n) is 13.1. The van der Waals surface area contributed by atoms with Gasteiger partial charge in [-0.15, -0.1) is 0 Å². The molecule has 1 unspecified atom stereocenters. The number of ether oxygens (including phenoxy) is 1. The topological polar surface area (TPSA) is 37.4 Å². The second kappa shape index (κ2) is 7.04. The number of hydrogen-bond acceptors (Lipinski definition) is 4. The van der Waals surface area contributed by atoms with E-state index >= 15 is 0 Å². The predicted molar refractivity (Wildman–Crippen MR) is 83.2 cm³/mol. The summed E-state index contributed by atoms with van der Waals surface area (Å²) >= 11 is 0. The van der Waals surface area contributed by atoms with Gasteiger partial charge in [0, 0.05) is 38.0 Å². The van der Waals surface area contributed by atoms with Crippen LogP contribution in [0.15, 0.2) is 12.1 Å². The van der Waals surface area contributed by atoms with E-state index in [4.69, 9.17) is 9.72 Å². The summed E-state index contributed by atoms with van der Waals surface area (Å²) in [5.41, 5.74) is 2.39. The van der Waals surface area contributed by atoms with Crippen molar-refractivity contribution < 1.29 is 4.74 Å². The first-order valence-corrected chi connectivity index (χ1v) is 7.62. The van der Waals surface area contributed by atoms with E-state index in [1.807, 2.05) is 0 Å². The van der Waals surface area contributed by atoms with Gasteiger partial charge in [-0.3, -0.25) is 0 Å². The Hall–Kier alpha value is -1.13. The Labute approximate surface area is 122 Å². The van der Waals surface area contributed by atoms with Crippen LogP contribution >= 0.6 is 0 Å². The molecule has 2 rings (SSSR count). The van der Waals surface area contributed by atoms with Gasteiger partial charge < -0.3 is 15.0 Å². The molecule has 1 fully saturated rings. The fraction of sp³-hybridized carbons (Fsp3) is 0.688. The first kappa shape index (κ1) is 15.3. The lowest BCUT2D eigenvalue weighted by molar-refractivity contribution is 0.0820. The lowest BCUT2D eigenvalue weighted by Gasteiger charge is -2.24. The van der Waals surface area contributed by atoms with Gasteiger partial charge in [-0.25, -0.2) is 4.98 Å². The van der Waals surface area contributed by atoms with Crippen molar-refractivity contribution in [3.05, 3.63) is 23.4 Å². The number of aromatic nitrogens is 1. The summed E-state index contributed by atoms with van der Waals surface area (Å²) < 4.78 is 5.71. The number of hydrogen-bond donors (Lipinski definition) is 1. The van der Waals surface area contributed by atoms with E-state index in [0.29, 0.717) is 6.04 Å². The van der Waals surface area contributed by atoms with Crippen molar-refractivity contribution >= 4 is 5.82 Å². The van der Waals surface area contributed by atoms with Gasteiger partial charge in [0.2, 0.25) is 0 Å².